The number of nitrogens with one attached hydrogen (secondary N) is 1. The molecule has 0 radical (unpaired) electrons. The van der Waals surface area contributed by atoms with Crippen LogP contribution in [0.3, 0.4) is 0 Å². The number of hydrogen-bond acceptors (Lipinski definition) is 3. The minimum absolute atomic E-state index is 0.0485. The van der Waals surface area contributed by atoms with Crippen molar-refractivity contribution in [2.75, 3.05) is 5.75 Å². The Balaban J connectivity index is 1.64. The zero-order valence-corrected chi connectivity index (χ0v) is 14.8. The maximum atomic E-state index is 13.8. The number of fused-ring (bicyclic) bond motifs is 1. The average Bonchev–Trinajstić information content (AvgIpc) is 3.22. The van der Waals surface area contributed by atoms with Crippen LogP contribution < -0.4 is 5.32 Å². The molecule has 27 heavy (non-hydrogen) atoms. The van der Waals surface area contributed by atoms with Gasteiger partial charge in [-0.25, -0.2) is 18.2 Å². The van der Waals surface area contributed by atoms with Crippen LogP contribution in [0.4, 0.5) is 13.2 Å². The van der Waals surface area contributed by atoms with Gasteiger partial charge in [0.25, 0.3) is 5.91 Å². The molecule has 0 saturated heterocycles. The summed E-state index contributed by atoms with van der Waals surface area (Å²) in [6.45, 7) is 0.764. The first-order chi connectivity index (χ1) is 13.0. The lowest BCUT2D eigenvalue weighted by Gasteiger charge is -2.10. The van der Waals surface area contributed by atoms with E-state index in [4.69, 9.17) is 0 Å². The number of aromatic nitrogens is 2. The average molecular weight is 389 g/mol. The van der Waals surface area contributed by atoms with Gasteiger partial charge >= 0.3 is 0 Å². The van der Waals surface area contributed by atoms with Crippen LogP contribution in [0.1, 0.15) is 16.1 Å². The van der Waals surface area contributed by atoms with Crippen LogP contribution in [0, 0.1) is 17.5 Å². The lowest BCUT2D eigenvalue weighted by molar-refractivity contribution is 0.0941. The fourth-order valence-corrected chi connectivity index (χ4v) is 3.99. The molecule has 138 valence electrons. The summed E-state index contributed by atoms with van der Waals surface area (Å²) in [6.07, 6.45) is 0. The number of halogens is 3. The molecule has 0 bridgehead atoms. The van der Waals surface area contributed by atoms with E-state index in [2.05, 4.69) is 10.3 Å². The Labute approximate surface area is 157 Å². The number of rotatable bonds is 4. The Morgan fingerprint density at radius 1 is 1.11 bits per heavy atom. The first kappa shape index (κ1) is 17.7. The molecule has 8 heteroatoms. The topological polar surface area (TPSA) is 46.9 Å². The standard InChI is InChI=1S/C19H14F3N3OS/c20-12-6-4-11(5-7-12)17-15(25-8-9-27-19(25)24-17)10-23-18(26)16-13(21)2-1-3-14(16)22/h1-7H,8-10H2,(H,23,26). The highest BCUT2D eigenvalue weighted by molar-refractivity contribution is 7.99. The van der Waals surface area contributed by atoms with Crippen molar-refractivity contribution in [3.63, 3.8) is 0 Å². The second kappa shape index (κ2) is 7.11. The van der Waals surface area contributed by atoms with Crippen molar-refractivity contribution in [2.45, 2.75) is 18.2 Å². The fourth-order valence-electron chi connectivity index (χ4n) is 3.02. The van der Waals surface area contributed by atoms with E-state index >= 15 is 0 Å². The number of carbonyl (C=O) groups excluding carboxylic acids is 1. The van der Waals surface area contributed by atoms with E-state index < -0.39 is 23.1 Å². The summed E-state index contributed by atoms with van der Waals surface area (Å²) in [5, 5.41) is 3.37. The minimum Gasteiger partial charge on any atom is -0.346 e. The number of nitrogens with zero attached hydrogens (tertiary/aromatic N) is 2. The van der Waals surface area contributed by atoms with Crippen LogP contribution in [-0.2, 0) is 13.1 Å². The summed E-state index contributed by atoms with van der Waals surface area (Å²) >= 11 is 1.58. The highest BCUT2D eigenvalue weighted by Crippen LogP contribution is 2.33. The second-order valence-electron chi connectivity index (χ2n) is 5.98. The number of thioether (sulfide) groups is 1. The van der Waals surface area contributed by atoms with Gasteiger partial charge in [0.2, 0.25) is 0 Å². The first-order valence-electron chi connectivity index (χ1n) is 8.25. The molecule has 1 aliphatic rings. The number of imidazole rings is 1. The van der Waals surface area contributed by atoms with E-state index in [1.54, 1.807) is 23.9 Å². The Morgan fingerprint density at radius 2 is 1.81 bits per heavy atom. The first-order valence-corrected chi connectivity index (χ1v) is 9.23. The maximum absolute atomic E-state index is 13.8. The molecule has 2 aromatic carbocycles. The van der Waals surface area contributed by atoms with Crippen molar-refractivity contribution in [1.29, 1.82) is 0 Å². The van der Waals surface area contributed by atoms with Gasteiger partial charge < -0.3 is 9.88 Å². The van der Waals surface area contributed by atoms with Gasteiger partial charge in [-0.3, -0.25) is 4.79 Å². The predicted molar refractivity (Wildman–Crippen MR) is 95.9 cm³/mol. The summed E-state index contributed by atoms with van der Waals surface area (Å²) < 4.78 is 42.8. The molecule has 0 saturated carbocycles. The van der Waals surface area contributed by atoms with E-state index in [-0.39, 0.29) is 12.4 Å². The van der Waals surface area contributed by atoms with Gasteiger partial charge in [0, 0.05) is 17.9 Å². The lowest BCUT2D eigenvalue weighted by atomic mass is 10.1. The van der Waals surface area contributed by atoms with Gasteiger partial charge in [0.15, 0.2) is 5.16 Å². The SMILES string of the molecule is O=C(NCc1c(-c2ccc(F)cc2)nc2n1CCS2)c1c(F)cccc1F. The zero-order valence-electron chi connectivity index (χ0n) is 14.0. The van der Waals surface area contributed by atoms with E-state index in [1.807, 2.05) is 4.57 Å². The molecule has 0 aliphatic carbocycles. The molecule has 1 N–H and O–H groups in total. The second-order valence-corrected chi connectivity index (χ2v) is 7.04. The molecule has 1 aromatic heterocycles. The monoisotopic (exact) mass is 389 g/mol. The van der Waals surface area contributed by atoms with E-state index in [0.29, 0.717) is 23.5 Å². The molecule has 0 spiro atoms. The molecular formula is C19H14F3N3OS. The summed E-state index contributed by atoms with van der Waals surface area (Å²) in [6, 6.07) is 9.17. The zero-order chi connectivity index (χ0) is 19.0. The van der Waals surface area contributed by atoms with Crippen LogP contribution >= 0.6 is 11.8 Å². The van der Waals surface area contributed by atoms with E-state index in [0.717, 1.165) is 23.0 Å². The number of carbonyl (C=O) groups is 1. The maximum Gasteiger partial charge on any atom is 0.257 e. The van der Waals surface area contributed by atoms with Crippen LogP contribution in [-0.4, -0.2) is 21.2 Å². The normalized spacial score (nSPS) is 12.9. The van der Waals surface area contributed by atoms with Crippen molar-refractivity contribution in [3.8, 4) is 11.3 Å². The molecule has 2 heterocycles. The predicted octanol–water partition coefficient (Wildman–Crippen LogP) is 4.00. The molecule has 1 aliphatic heterocycles. The summed E-state index contributed by atoms with van der Waals surface area (Å²) in [5.74, 6) is -2.17. The third-order valence-electron chi connectivity index (χ3n) is 4.31. The van der Waals surface area contributed by atoms with Crippen molar-refractivity contribution in [2.24, 2.45) is 0 Å². The van der Waals surface area contributed by atoms with Crippen LogP contribution in [0.2, 0.25) is 0 Å². The molecule has 1 amide bonds. The highest BCUT2D eigenvalue weighted by atomic mass is 32.2. The smallest absolute Gasteiger partial charge is 0.257 e. The third-order valence-corrected chi connectivity index (χ3v) is 5.26. The molecule has 0 unspecified atom stereocenters. The molecule has 0 atom stereocenters. The Bertz CT molecular complexity index is 998. The number of amides is 1. The largest absolute Gasteiger partial charge is 0.346 e. The molecule has 0 fully saturated rings. The van der Waals surface area contributed by atoms with Crippen molar-refractivity contribution >= 4 is 17.7 Å². The molecular weight excluding hydrogens is 375 g/mol. The highest BCUT2D eigenvalue weighted by Gasteiger charge is 2.24. The number of hydrogen-bond donors (Lipinski definition) is 1. The summed E-state index contributed by atoms with van der Waals surface area (Å²) in [5.41, 5.74) is 1.43. The Kier molecular flexibility index (Phi) is 4.65. The van der Waals surface area contributed by atoms with Gasteiger partial charge in [-0.1, -0.05) is 17.8 Å². The third kappa shape index (κ3) is 3.32. The number of benzene rings is 2. The minimum atomic E-state index is -0.916. The van der Waals surface area contributed by atoms with Crippen LogP contribution in [0.5, 0.6) is 0 Å². The van der Waals surface area contributed by atoms with Gasteiger partial charge in [-0.15, -0.1) is 0 Å². The van der Waals surface area contributed by atoms with Gasteiger partial charge in [0.1, 0.15) is 23.0 Å². The molecule has 3 aromatic rings. The van der Waals surface area contributed by atoms with E-state index in [9.17, 15) is 18.0 Å². The lowest BCUT2D eigenvalue weighted by Crippen LogP contribution is -2.26. The van der Waals surface area contributed by atoms with E-state index in [1.165, 1.54) is 18.2 Å². The Hall–Kier alpha value is -2.74. The van der Waals surface area contributed by atoms with Crippen LogP contribution in [0.25, 0.3) is 11.3 Å². The summed E-state index contributed by atoms with van der Waals surface area (Å²) in [4.78, 5) is 16.9. The van der Waals surface area contributed by atoms with Crippen molar-refractivity contribution in [3.05, 3.63) is 71.2 Å². The molecule has 4 rings (SSSR count). The van der Waals surface area contributed by atoms with Gasteiger partial charge in [0.05, 0.1) is 17.9 Å². The van der Waals surface area contributed by atoms with Crippen molar-refractivity contribution in [1.82, 2.24) is 14.9 Å². The summed E-state index contributed by atoms with van der Waals surface area (Å²) in [7, 11) is 0. The Morgan fingerprint density at radius 3 is 2.52 bits per heavy atom. The van der Waals surface area contributed by atoms with Crippen molar-refractivity contribution < 1.29 is 18.0 Å². The molecule has 4 nitrogen and oxygen atoms in total. The quantitative estimate of drug-likeness (QED) is 0.734. The van der Waals surface area contributed by atoms with Gasteiger partial charge in [-0.2, -0.15) is 0 Å². The van der Waals surface area contributed by atoms with Crippen LogP contribution in [0.15, 0.2) is 47.6 Å². The van der Waals surface area contributed by atoms with Gasteiger partial charge in [-0.05, 0) is 36.4 Å². The fraction of sp³-hybridized carbons (Fsp3) is 0.158.